The van der Waals surface area contributed by atoms with Crippen molar-refractivity contribution in [3.63, 3.8) is 0 Å². The van der Waals surface area contributed by atoms with Crippen LogP contribution in [-0.2, 0) is 0 Å². The number of aromatic nitrogens is 3. The average Bonchev–Trinajstić information content (AvgIpc) is 3.72. The third-order valence-electron chi connectivity index (χ3n) is 10.0. The van der Waals surface area contributed by atoms with Crippen LogP contribution in [-0.4, -0.2) is 15.0 Å². The van der Waals surface area contributed by atoms with E-state index in [1.54, 1.807) is 0 Å². The van der Waals surface area contributed by atoms with Crippen molar-refractivity contribution < 1.29 is 4.42 Å². The normalized spacial score (nSPS) is 12.1. The molecule has 0 spiro atoms. The zero-order valence-electron chi connectivity index (χ0n) is 26.2. The van der Waals surface area contributed by atoms with E-state index in [0.29, 0.717) is 17.5 Å². The summed E-state index contributed by atoms with van der Waals surface area (Å²) < 4.78 is 6.73. The van der Waals surface area contributed by atoms with Crippen LogP contribution in [0.2, 0.25) is 0 Å². The van der Waals surface area contributed by atoms with Gasteiger partial charge in [-0.25, -0.2) is 15.0 Å². The Labute approximate surface area is 281 Å². The molecule has 0 bridgehead atoms. The van der Waals surface area contributed by atoms with Crippen LogP contribution >= 0.6 is 0 Å². The first-order chi connectivity index (χ1) is 24.3. The SMILES string of the molecule is c1ccc(-c2nc(-c3cc4ccccc4c4ccccc34)nc(-c3cccc4oc5c6cccc7c6c(cc5c34)-c3ccccc3-7)n2)cc1. The van der Waals surface area contributed by atoms with Gasteiger partial charge in [0.25, 0.3) is 0 Å². The molecule has 0 amide bonds. The summed E-state index contributed by atoms with van der Waals surface area (Å²) in [5, 5.41) is 9.05. The van der Waals surface area contributed by atoms with Crippen molar-refractivity contribution in [3.8, 4) is 56.4 Å². The Morgan fingerprint density at radius 1 is 0.347 bits per heavy atom. The maximum atomic E-state index is 6.73. The fourth-order valence-electron chi connectivity index (χ4n) is 7.91. The van der Waals surface area contributed by atoms with Crippen molar-refractivity contribution >= 4 is 54.3 Å². The molecule has 2 heterocycles. The number of hydrogen-bond acceptors (Lipinski definition) is 4. The number of nitrogens with zero attached hydrogens (tertiary/aromatic N) is 3. The summed E-state index contributed by atoms with van der Waals surface area (Å²) >= 11 is 0. The largest absolute Gasteiger partial charge is 0.455 e. The van der Waals surface area contributed by atoms with E-state index in [-0.39, 0.29) is 0 Å². The highest BCUT2D eigenvalue weighted by Crippen LogP contribution is 2.51. The monoisotopic (exact) mass is 623 g/mol. The van der Waals surface area contributed by atoms with Crippen LogP contribution in [0.3, 0.4) is 0 Å². The Morgan fingerprint density at radius 3 is 1.82 bits per heavy atom. The standard InChI is InChI=1S/C45H25N3O/c1-2-12-26(13-3-1)43-46-44(48-45(47-43)37-24-27-14-4-5-15-28(27)29-16-6-9-19-32(29)37)35-22-11-23-39-41(35)38-25-36-31-18-8-7-17-30(31)33-20-10-21-34(40(33)36)42(38)49-39/h1-25H. The Morgan fingerprint density at radius 2 is 0.959 bits per heavy atom. The van der Waals surface area contributed by atoms with Crippen molar-refractivity contribution in [1.29, 1.82) is 0 Å². The Balaban J connectivity index is 1.23. The molecule has 0 fully saturated rings. The van der Waals surface area contributed by atoms with Gasteiger partial charge in [-0.3, -0.25) is 0 Å². The molecule has 11 rings (SSSR count). The van der Waals surface area contributed by atoms with E-state index in [9.17, 15) is 0 Å². The summed E-state index contributed by atoms with van der Waals surface area (Å²) in [5.41, 5.74) is 9.51. The fourth-order valence-corrected chi connectivity index (χ4v) is 7.91. The molecule has 4 heteroatoms. The van der Waals surface area contributed by atoms with Crippen LogP contribution in [0.5, 0.6) is 0 Å². The minimum Gasteiger partial charge on any atom is -0.455 e. The predicted octanol–water partition coefficient (Wildman–Crippen LogP) is 11.9. The van der Waals surface area contributed by atoms with E-state index in [1.165, 1.54) is 38.4 Å². The van der Waals surface area contributed by atoms with Crippen molar-refractivity contribution in [2.24, 2.45) is 0 Å². The summed E-state index contributed by atoms with van der Waals surface area (Å²) in [6.45, 7) is 0. The lowest BCUT2D eigenvalue weighted by molar-refractivity contribution is 0.673. The van der Waals surface area contributed by atoms with E-state index in [4.69, 9.17) is 19.4 Å². The van der Waals surface area contributed by atoms with Gasteiger partial charge in [-0.2, -0.15) is 0 Å². The molecule has 1 aliphatic carbocycles. The molecular formula is C45H25N3O. The minimum absolute atomic E-state index is 0.611. The first-order valence-corrected chi connectivity index (χ1v) is 16.5. The third-order valence-corrected chi connectivity index (χ3v) is 10.0. The molecule has 2 aromatic heterocycles. The average molecular weight is 624 g/mol. The lowest BCUT2D eigenvalue weighted by Crippen LogP contribution is -2.01. The molecule has 0 unspecified atom stereocenters. The van der Waals surface area contributed by atoms with Gasteiger partial charge in [0.15, 0.2) is 17.5 Å². The Hall–Kier alpha value is -6.65. The Kier molecular flexibility index (Phi) is 5.35. The smallest absolute Gasteiger partial charge is 0.164 e. The lowest BCUT2D eigenvalue weighted by Gasteiger charge is -2.13. The summed E-state index contributed by atoms with van der Waals surface area (Å²) in [4.78, 5) is 15.6. The second kappa shape index (κ2) is 9.93. The van der Waals surface area contributed by atoms with Gasteiger partial charge in [-0.15, -0.1) is 0 Å². The predicted molar refractivity (Wildman–Crippen MR) is 200 cm³/mol. The molecule has 4 nitrogen and oxygen atoms in total. The molecular weight excluding hydrogens is 599 g/mol. The second-order valence-corrected chi connectivity index (χ2v) is 12.7. The first kappa shape index (κ1) is 26.4. The fraction of sp³-hybridized carbons (Fsp3) is 0. The van der Waals surface area contributed by atoms with Crippen molar-refractivity contribution in [1.82, 2.24) is 15.0 Å². The number of hydrogen-bond donors (Lipinski definition) is 0. The van der Waals surface area contributed by atoms with E-state index in [1.807, 2.05) is 30.3 Å². The number of furan rings is 1. The van der Waals surface area contributed by atoms with Crippen LogP contribution in [0.4, 0.5) is 0 Å². The molecule has 0 N–H and O–H groups in total. The quantitative estimate of drug-likeness (QED) is 0.184. The highest BCUT2D eigenvalue weighted by atomic mass is 16.3. The molecule has 49 heavy (non-hydrogen) atoms. The minimum atomic E-state index is 0.611. The number of rotatable bonds is 3. The van der Waals surface area contributed by atoms with E-state index < -0.39 is 0 Å². The molecule has 10 aromatic rings. The third kappa shape index (κ3) is 3.77. The maximum Gasteiger partial charge on any atom is 0.164 e. The van der Waals surface area contributed by atoms with Crippen LogP contribution in [0.1, 0.15) is 0 Å². The van der Waals surface area contributed by atoms with E-state index in [2.05, 4.69) is 121 Å². The molecule has 0 saturated carbocycles. The Bertz CT molecular complexity index is 3000. The highest BCUT2D eigenvalue weighted by Gasteiger charge is 2.26. The molecule has 0 atom stereocenters. The molecule has 8 aromatic carbocycles. The van der Waals surface area contributed by atoms with Gasteiger partial charge in [-0.05, 0) is 62.0 Å². The van der Waals surface area contributed by atoms with Crippen LogP contribution in [0, 0.1) is 0 Å². The lowest BCUT2D eigenvalue weighted by atomic mass is 9.96. The van der Waals surface area contributed by atoms with Gasteiger partial charge >= 0.3 is 0 Å². The van der Waals surface area contributed by atoms with Crippen molar-refractivity contribution in [2.45, 2.75) is 0 Å². The zero-order chi connectivity index (χ0) is 32.1. The second-order valence-electron chi connectivity index (χ2n) is 12.7. The molecule has 0 radical (unpaired) electrons. The van der Waals surface area contributed by atoms with Gasteiger partial charge in [-0.1, -0.05) is 133 Å². The summed E-state index contributed by atoms with van der Waals surface area (Å²) in [6.07, 6.45) is 0. The molecule has 1 aliphatic rings. The van der Waals surface area contributed by atoms with Crippen LogP contribution < -0.4 is 0 Å². The topological polar surface area (TPSA) is 51.8 Å². The maximum absolute atomic E-state index is 6.73. The van der Waals surface area contributed by atoms with E-state index in [0.717, 1.165) is 54.8 Å². The molecule has 226 valence electrons. The summed E-state index contributed by atoms with van der Waals surface area (Å²) in [7, 11) is 0. The van der Waals surface area contributed by atoms with Crippen LogP contribution in [0.15, 0.2) is 156 Å². The van der Waals surface area contributed by atoms with Gasteiger partial charge in [0, 0.05) is 38.2 Å². The number of fused-ring (bicyclic) bond motifs is 10. The van der Waals surface area contributed by atoms with Crippen molar-refractivity contribution in [2.75, 3.05) is 0 Å². The van der Waals surface area contributed by atoms with Gasteiger partial charge in [0.05, 0.1) is 0 Å². The summed E-state index contributed by atoms with van der Waals surface area (Å²) in [6, 6.07) is 53.1. The molecule has 0 saturated heterocycles. The number of benzene rings is 8. The van der Waals surface area contributed by atoms with Gasteiger partial charge in [0.2, 0.25) is 0 Å². The molecule has 0 aliphatic heterocycles. The van der Waals surface area contributed by atoms with Gasteiger partial charge in [0.1, 0.15) is 11.2 Å². The van der Waals surface area contributed by atoms with Crippen molar-refractivity contribution in [3.05, 3.63) is 152 Å². The van der Waals surface area contributed by atoms with Crippen LogP contribution in [0.25, 0.3) is 111 Å². The first-order valence-electron chi connectivity index (χ1n) is 16.5. The van der Waals surface area contributed by atoms with E-state index >= 15 is 0 Å². The zero-order valence-corrected chi connectivity index (χ0v) is 26.2. The highest BCUT2D eigenvalue weighted by molar-refractivity contribution is 6.27. The summed E-state index contributed by atoms with van der Waals surface area (Å²) in [5.74, 6) is 1.88. The van der Waals surface area contributed by atoms with Gasteiger partial charge < -0.3 is 4.42 Å².